The standard InChI is InChI=1S/C34H24BrClN2O4/c1-42-24-14-8-19(9-15-24)30(39)29-28-16-10-21-18-23(36)13-17-27(21)38(28)32(31(40)20-6-11-22(35)12-7-20)34(29)25-4-2-3-5-26(25)37-33(34)41/h2-18,28-29,32H,1H3,(H,37,41). The van der Waals surface area contributed by atoms with Gasteiger partial charge in [0.25, 0.3) is 0 Å². The largest absolute Gasteiger partial charge is 0.497 e. The van der Waals surface area contributed by atoms with Crippen molar-refractivity contribution in [1.29, 1.82) is 0 Å². The first-order valence-electron chi connectivity index (χ1n) is 13.5. The van der Waals surface area contributed by atoms with Gasteiger partial charge in [0, 0.05) is 32.0 Å². The fourth-order valence-corrected chi connectivity index (χ4v) is 7.32. The zero-order valence-electron chi connectivity index (χ0n) is 22.4. The van der Waals surface area contributed by atoms with E-state index >= 15 is 0 Å². The molecule has 3 aliphatic heterocycles. The molecular weight excluding hydrogens is 616 g/mol. The molecule has 8 heteroatoms. The van der Waals surface area contributed by atoms with Gasteiger partial charge in [-0.2, -0.15) is 0 Å². The number of benzene rings is 4. The maximum atomic E-state index is 14.8. The molecule has 4 aromatic carbocycles. The number of methoxy groups -OCH3 is 1. The van der Waals surface area contributed by atoms with Crippen molar-refractivity contribution in [2.45, 2.75) is 17.5 Å². The van der Waals surface area contributed by atoms with Gasteiger partial charge in [0.05, 0.1) is 19.1 Å². The van der Waals surface area contributed by atoms with Crippen molar-refractivity contribution in [3.8, 4) is 5.75 Å². The number of fused-ring (bicyclic) bond motifs is 5. The van der Waals surface area contributed by atoms with Crippen LogP contribution < -0.4 is 15.0 Å². The monoisotopic (exact) mass is 638 g/mol. The summed E-state index contributed by atoms with van der Waals surface area (Å²) in [6.07, 6.45) is 3.85. The molecule has 1 fully saturated rings. The Morgan fingerprint density at radius 3 is 2.36 bits per heavy atom. The fraction of sp³-hybridized carbons (Fsp3) is 0.147. The van der Waals surface area contributed by atoms with Crippen molar-refractivity contribution in [1.82, 2.24) is 0 Å². The molecule has 7 rings (SSSR count). The van der Waals surface area contributed by atoms with Crippen molar-refractivity contribution in [2.24, 2.45) is 5.92 Å². The van der Waals surface area contributed by atoms with Crippen molar-refractivity contribution >= 4 is 62.5 Å². The minimum absolute atomic E-state index is 0.229. The number of para-hydroxylation sites is 1. The van der Waals surface area contributed by atoms with Gasteiger partial charge in [0.15, 0.2) is 11.6 Å². The molecular formula is C34H24BrClN2O4. The van der Waals surface area contributed by atoms with E-state index in [-0.39, 0.29) is 17.5 Å². The summed E-state index contributed by atoms with van der Waals surface area (Å²) in [6.45, 7) is 0. The second-order valence-corrected chi connectivity index (χ2v) is 12.0. The first-order valence-corrected chi connectivity index (χ1v) is 14.7. The Morgan fingerprint density at radius 1 is 0.929 bits per heavy atom. The lowest BCUT2D eigenvalue weighted by Gasteiger charge is -2.37. The number of nitrogens with zero attached hydrogens (tertiary/aromatic N) is 1. The molecule has 1 spiro atoms. The minimum atomic E-state index is -1.52. The second-order valence-electron chi connectivity index (χ2n) is 10.7. The topological polar surface area (TPSA) is 75.7 Å². The van der Waals surface area contributed by atoms with Crippen LogP contribution in [-0.4, -0.2) is 36.7 Å². The van der Waals surface area contributed by atoms with Gasteiger partial charge >= 0.3 is 0 Å². The SMILES string of the molecule is COc1ccc(C(=O)C2C3C=Cc4cc(Cl)ccc4N3C(C(=O)c3ccc(Br)cc3)C23C(=O)Nc2ccccc23)cc1. The summed E-state index contributed by atoms with van der Waals surface area (Å²) in [5.41, 5.74) is 2.15. The number of halogens is 2. The number of rotatable bonds is 5. The van der Waals surface area contributed by atoms with Gasteiger partial charge < -0.3 is 15.0 Å². The molecule has 1 N–H and O–H groups in total. The first kappa shape index (κ1) is 26.7. The highest BCUT2D eigenvalue weighted by atomic mass is 79.9. The molecule has 3 heterocycles. The van der Waals surface area contributed by atoms with Gasteiger partial charge in [-0.3, -0.25) is 14.4 Å². The molecule has 1 saturated heterocycles. The van der Waals surface area contributed by atoms with E-state index in [0.29, 0.717) is 33.1 Å². The molecule has 208 valence electrons. The Bertz CT molecular complexity index is 1800. The van der Waals surface area contributed by atoms with Crippen LogP contribution in [0, 0.1) is 5.92 Å². The number of carbonyl (C=O) groups excluding carboxylic acids is 3. The van der Waals surface area contributed by atoms with Gasteiger partial charge in [-0.15, -0.1) is 0 Å². The molecule has 6 nitrogen and oxygen atoms in total. The predicted octanol–water partition coefficient (Wildman–Crippen LogP) is 6.97. The Kier molecular flexibility index (Phi) is 6.33. The third-order valence-electron chi connectivity index (χ3n) is 8.63. The Hall–Kier alpha value is -4.20. The van der Waals surface area contributed by atoms with Crippen LogP contribution in [0.2, 0.25) is 5.02 Å². The lowest BCUT2D eigenvalue weighted by molar-refractivity contribution is -0.121. The summed E-state index contributed by atoms with van der Waals surface area (Å²) in [7, 11) is 1.56. The maximum absolute atomic E-state index is 14.8. The van der Waals surface area contributed by atoms with Crippen LogP contribution in [0.5, 0.6) is 5.75 Å². The van der Waals surface area contributed by atoms with Gasteiger partial charge in [-0.05, 0) is 71.8 Å². The lowest BCUT2D eigenvalue weighted by atomic mass is 9.63. The summed E-state index contributed by atoms with van der Waals surface area (Å²) in [5, 5.41) is 3.58. The van der Waals surface area contributed by atoms with E-state index in [9.17, 15) is 14.4 Å². The molecule has 0 saturated carbocycles. The minimum Gasteiger partial charge on any atom is -0.497 e. The molecule has 0 aromatic heterocycles. The third-order valence-corrected chi connectivity index (χ3v) is 9.40. The van der Waals surface area contributed by atoms with Crippen molar-refractivity contribution in [2.75, 3.05) is 17.3 Å². The van der Waals surface area contributed by atoms with Crippen LogP contribution >= 0.6 is 27.5 Å². The fourth-order valence-electron chi connectivity index (χ4n) is 6.87. The van der Waals surface area contributed by atoms with E-state index in [1.54, 1.807) is 61.7 Å². The van der Waals surface area contributed by atoms with Crippen molar-refractivity contribution in [3.05, 3.63) is 129 Å². The lowest BCUT2D eigenvalue weighted by Crippen LogP contribution is -2.55. The zero-order chi connectivity index (χ0) is 29.2. The van der Waals surface area contributed by atoms with Gasteiger partial charge in [-0.1, -0.05) is 70.0 Å². The number of nitrogens with one attached hydrogen (secondary N) is 1. The molecule has 4 atom stereocenters. The summed E-state index contributed by atoms with van der Waals surface area (Å²) < 4.78 is 6.15. The Labute approximate surface area is 256 Å². The average molecular weight is 640 g/mol. The molecule has 0 aliphatic carbocycles. The summed E-state index contributed by atoms with van der Waals surface area (Å²) in [5.74, 6) is -1.15. The van der Waals surface area contributed by atoms with Crippen LogP contribution in [0.4, 0.5) is 11.4 Å². The highest BCUT2D eigenvalue weighted by Gasteiger charge is 2.71. The number of amides is 1. The molecule has 3 aliphatic rings. The third kappa shape index (κ3) is 3.80. The highest BCUT2D eigenvalue weighted by molar-refractivity contribution is 9.10. The predicted molar refractivity (Wildman–Crippen MR) is 167 cm³/mol. The average Bonchev–Trinajstić information content (AvgIpc) is 3.48. The first-order chi connectivity index (χ1) is 20.3. The Balaban J connectivity index is 1.52. The van der Waals surface area contributed by atoms with Crippen molar-refractivity contribution in [3.63, 3.8) is 0 Å². The number of Topliss-reactive ketones (excluding diaryl/α,β-unsaturated/α-hetero) is 2. The maximum Gasteiger partial charge on any atom is 0.238 e. The van der Waals surface area contributed by atoms with Crippen LogP contribution in [0.1, 0.15) is 31.8 Å². The summed E-state index contributed by atoms with van der Waals surface area (Å²) in [4.78, 5) is 46.0. The van der Waals surface area contributed by atoms with Crippen LogP contribution in [-0.2, 0) is 10.2 Å². The van der Waals surface area contributed by atoms with E-state index in [1.807, 2.05) is 53.5 Å². The smallest absolute Gasteiger partial charge is 0.238 e. The van der Waals surface area contributed by atoms with Crippen LogP contribution in [0.15, 0.2) is 102 Å². The van der Waals surface area contributed by atoms with E-state index in [1.165, 1.54) is 0 Å². The zero-order valence-corrected chi connectivity index (χ0v) is 24.7. The van der Waals surface area contributed by atoms with Gasteiger partial charge in [0.1, 0.15) is 17.2 Å². The van der Waals surface area contributed by atoms with Crippen LogP contribution in [0.3, 0.4) is 0 Å². The normalized spacial score (nSPS) is 23.3. The second kappa shape index (κ2) is 9.96. The van der Waals surface area contributed by atoms with Crippen LogP contribution in [0.25, 0.3) is 6.08 Å². The molecule has 0 radical (unpaired) electrons. The number of ether oxygens (including phenoxy) is 1. The van der Waals surface area contributed by atoms with Gasteiger partial charge in [0.2, 0.25) is 5.91 Å². The van der Waals surface area contributed by atoms with Crippen molar-refractivity contribution < 1.29 is 19.1 Å². The molecule has 4 unspecified atom stereocenters. The summed E-state index contributed by atoms with van der Waals surface area (Å²) in [6, 6.07) is 25.2. The molecule has 42 heavy (non-hydrogen) atoms. The van der Waals surface area contributed by atoms with Gasteiger partial charge in [-0.25, -0.2) is 0 Å². The number of anilines is 2. The van der Waals surface area contributed by atoms with E-state index in [4.69, 9.17) is 16.3 Å². The van der Waals surface area contributed by atoms with E-state index in [2.05, 4.69) is 21.2 Å². The molecule has 0 bridgehead atoms. The number of carbonyl (C=O) groups is 3. The number of hydrogen-bond acceptors (Lipinski definition) is 5. The molecule has 1 amide bonds. The number of hydrogen-bond donors (Lipinski definition) is 1. The Morgan fingerprint density at radius 2 is 1.62 bits per heavy atom. The number of ketones is 2. The molecule has 4 aromatic rings. The highest BCUT2D eigenvalue weighted by Crippen LogP contribution is 2.58. The van der Waals surface area contributed by atoms with E-state index in [0.717, 1.165) is 15.7 Å². The quantitative estimate of drug-likeness (QED) is 0.239. The van der Waals surface area contributed by atoms with E-state index < -0.39 is 23.4 Å². The summed E-state index contributed by atoms with van der Waals surface area (Å²) >= 11 is 9.83.